The third-order valence-electron chi connectivity index (χ3n) is 4.07. The van der Waals surface area contributed by atoms with Gasteiger partial charge in [-0.05, 0) is 56.8 Å². The van der Waals surface area contributed by atoms with Crippen molar-refractivity contribution in [3.63, 3.8) is 0 Å². The first kappa shape index (κ1) is 16.3. The fourth-order valence-corrected chi connectivity index (χ4v) is 2.45. The van der Waals surface area contributed by atoms with E-state index in [4.69, 9.17) is 4.74 Å². The minimum Gasteiger partial charge on any atom is -0.492 e. The Balaban J connectivity index is 1.71. The molecule has 1 aromatic rings. The summed E-state index contributed by atoms with van der Waals surface area (Å²) in [4.78, 5) is 2.54. The molecule has 0 atom stereocenters. The molecular formula is C18H30N2O. The van der Waals surface area contributed by atoms with Crippen molar-refractivity contribution >= 4 is 0 Å². The quantitative estimate of drug-likeness (QED) is 0.715. The van der Waals surface area contributed by atoms with E-state index in [1.807, 2.05) is 0 Å². The lowest BCUT2D eigenvalue weighted by atomic mass is 10.2. The third kappa shape index (κ3) is 6.06. The van der Waals surface area contributed by atoms with Crippen molar-refractivity contribution in [2.75, 3.05) is 26.2 Å². The molecule has 0 heterocycles. The Hall–Kier alpha value is -1.06. The Morgan fingerprint density at radius 3 is 2.52 bits per heavy atom. The Morgan fingerprint density at radius 1 is 1.24 bits per heavy atom. The standard InChI is InChI=1S/C18H30N2O/c1-4-19-13-16-7-9-18(10-8-16)21-12-11-20(15(2)3)14-17-5-6-17/h7-10,15,17,19H,4-6,11-14H2,1-3H3. The van der Waals surface area contributed by atoms with Crippen LogP contribution in [0, 0.1) is 5.92 Å². The van der Waals surface area contributed by atoms with Crippen LogP contribution in [0.15, 0.2) is 24.3 Å². The van der Waals surface area contributed by atoms with Gasteiger partial charge in [-0.3, -0.25) is 4.90 Å². The van der Waals surface area contributed by atoms with E-state index in [2.05, 4.69) is 55.3 Å². The monoisotopic (exact) mass is 290 g/mol. The minimum absolute atomic E-state index is 0.608. The molecule has 0 saturated heterocycles. The van der Waals surface area contributed by atoms with Gasteiger partial charge in [0, 0.05) is 25.7 Å². The predicted molar refractivity (Wildman–Crippen MR) is 88.8 cm³/mol. The van der Waals surface area contributed by atoms with Gasteiger partial charge in [0.15, 0.2) is 0 Å². The van der Waals surface area contributed by atoms with Gasteiger partial charge in [0.1, 0.15) is 12.4 Å². The van der Waals surface area contributed by atoms with Gasteiger partial charge in [-0.2, -0.15) is 0 Å². The lowest BCUT2D eigenvalue weighted by Gasteiger charge is -2.26. The van der Waals surface area contributed by atoms with Crippen LogP contribution in [0.25, 0.3) is 0 Å². The highest BCUT2D eigenvalue weighted by Gasteiger charge is 2.25. The SMILES string of the molecule is CCNCc1ccc(OCCN(CC2CC2)C(C)C)cc1. The molecule has 1 aliphatic rings. The highest BCUT2D eigenvalue weighted by Crippen LogP contribution is 2.30. The largest absolute Gasteiger partial charge is 0.492 e. The van der Waals surface area contributed by atoms with Crippen LogP contribution >= 0.6 is 0 Å². The smallest absolute Gasteiger partial charge is 0.119 e. The predicted octanol–water partition coefficient (Wildman–Crippen LogP) is 3.30. The number of rotatable bonds is 10. The number of hydrogen-bond acceptors (Lipinski definition) is 3. The van der Waals surface area contributed by atoms with Crippen LogP contribution in [0.2, 0.25) is 0 Å². The van der Waals surface area contributed by atoms with Gasteiger partial charge >= 0.3 is 0 Å². The lowest BCUT2D eigenvalue weighted by molar-refractivity contribution is 0.170. The van der Waals surface area contributed by atoms with Crippen LogP contribution in [0.1, 0.15) is 39.2 Å². The maximum absolute atomic E-state index is 5.89. The third-order valence-corrected chi connectivity index (χ3v) is 4.07. The fourth-order valence-electron chi connectivity index (χ4n) is 2.45. The summed E-state index contributed by atoms with van der Waals surface area (Å²) in [5.41, 5.74) is 1.31. The molecule has 1 N–H and O–H groups in total. The summed E-state index contributed by atoms with van der Waals surface area (Å²) in [5, 5.41) is 3.33. The van der Waals surface area contributed by atoms with Gasteiger partial charge in [-0.1, -0.05) is 19.1 Å². The molecule has 1 aliphatic carbocycles. The van der Waals surface area contributed by atoms with E-state index in [1.54, 1.807) is 0 Å². The van der Waals surface area contributed by atoms with Crippen molar-refractivity contribution in [1.82, 2.24) is 10.2 Å². The summed E-state index contributed by atoms with van der Waals surface area (Å²) in [6.07, 6.45) is 2.83. The van der Waals surface area contributed by atoms with E-state index < -0.39 is 0 Å². The maximum atomic E-state index is 5.89. The van der Waals surface area contributed by atoms with Crippen molar-refractivity contribution in [2.45, 2.75) is 46.2 Å². The Bertz CT molecular complexity index is 398. The summed E-state index contributed by atoms with van der Waals surface area (Å²) >= 11 is 0. The maximum Gasteiger partial charge on any atom is 0.119 e. The summed E-state index contributed by atoms with van der Waals surface area (Å²) in [6.45, 7) is 11.6. The molecule has 118 valence electrons. The number of nitrogens with one attached hydrogen (secondary N) is 1. The number of benzene rings is 1. The van der Waals surface area contributed by atoms with Crippen LogP contribution in [-0.4, -0.2) is 37.2 Å². The average molecular weight is 290 g/mol. The molecule has 0 amide bonds. The Kier molecular flexibility index (Phi) is 6.52. The molecule has 1 fully saturated rings. The van der Waals surface area contributed by atoms with Crippen molar-refractivity contribution < 1.29 is 4.74 Å². The Labute approximate surface area is 129 Å². The van der Waals surface area contributed by atoms with Gasteiger partial charge < -0.3 is 10.1 Å². The van der Waals surface area contributed by atoms with E-state index in [0.29, 0.717) is 6.04 Å². The van der Waals surface area contributed by atoms with Crippen molar-refractivity contribution in [3.8, 4) is 5.75 Å². The second kappa shape index (κ2) is 8.40. The van der Waals surface area contributed by atoms with Gasteiger partial charge in [0.2, 0.25) is 0 Å². The van der Waals surface area contributed by atoms with Crippen LogP contribution in [0.5, 0.6) is 5.75 Å². The van der Waals surface area contributed by atoms with E-state index >= 15 is 0 Å². The van der Waals surface area contributed by atoms with Gasteiger partial charge in [0.05, 0.1) is 0 Å². The molecule has 0 aromatic heterocycles. The summed E-state index contributed by atoms with van der Waals surface area (Å²) < 4.78 is 5.89. The van der Waals surface area contributed by atoms with Crippen LogP contribution in [0.3, 0.4) is 0 Å². The van der Waals surface area contributed by atoms with Gasteiger partial charge in [0.25, 0.3) is 0 Å². The first-order chi connectivity index (χ1) is 10.2. The zero-order valence-corrected chi connectivity index (χ0v) is 13.8. The highest BCUT2D eigenvalue weighted by molar-refractivity contribution is 5.27. The van der Waals surface area contributed by atoms with E-state index in [0.717, 1.165) is 37.9 Å². The zero-order chi connectivity index (χ0) is 15.1. The van der Waals surface area contributed by atoms with Gasteiger partial charge in [-0.15, -0.1) is 0 Å². The molecule has 1 aromatic carbocycles. The molecule has 0 radical (unpaired) electrons. The first-order valence-corrected chi connectivity index (χ1v) is 8.35. The van der Waals surface area contributed by atoms with E-state index in [-0.39, 0.29) is 0 Å². The summed E-state index contributed by atoms with van der Waals surface area (Å²) in [7, 11) is 0. The molecular weight excluding hydrogens is 260 g/mol. The molecule has 3 heteroatoms. The molecule has 0 unspecified atom stereocenters. The average Bonchev–Trinajstić information content (AvgIpc) is 3.29. The molecule has 21 heavy (non-hydrogen) atoms. The number of hydrogen-bond donors (Lipinski definition) is 1. The van der Waals surface area contributed by atoms with E-state index in [1.165, 1.54) is 24.9 Å². The number of ether oxygens (including phenoxy) is 1. The van der Waals surface area contributed by atoms with E-state index in [9.17, 15) is 0 Å². The van der Waals surface area contributed by atoms with Crippen molar-refractivity contribution in [1.29, 1.82) is 0 Å². The number of nitrogens with zero attached hydrogens (tertiary/aromatic N) is 1. The Morgan fingerprint density at radius 2 is 1.95 bits per heavy atom. The second-order valence-corrected chi connectivity index (χ2v) is 6.30. The molecule has 0 bridgehead atoms. The molecule has 3 nitrogen and oxygen atoms in total. The van der Waals surface area contributed by atoms with Crippen molar-refractivity contribution in [2.24, 2.45) is 5.92 Å². The van der Waals surface area contributed by atoms with Crippen LogP contribution < -0.4 is 10.1 Å². The summed E-state index contributed by atoms with van der Waals surface area (Å²) in [5.74, 6) is 1.92. The molecule has 1 saturated carbocycles. The zero-order valence-electron chi connectivity index (χ0n) is 13.8. The van der Waals surface area contributed by atoms with Gasteiger partial charge in [-0.25, -0.2) is 0 Å². The van der Waals surface area contributed by atoms with Crippen LogP contribution in [-0.2, 0) is 6.54 Å². The molecule has 2 rings (SSSR count). The second-order valence-electron chi connectivity index (χ2n) is 6.30. The molecule has 0 spiro atoms. The van der Waals surface area contributed by atoms with Crippen LogP contribution in [0.4, 0.5) is 0 Å². The minimum atomic E-state index is 0.608. The highest BCUT2D eigenvalue weighted by atomic mass is 16.5. The molecule has 0 aliphatic heterocycles. The topological polar surface area (TPSA) is 24.5 Å². The lowest BCUT2D eigenvalue weighted by Crippen LogP contribution is -2.36. The fraction of sp³-hybridized carbons (Fsp3) is 0.667. The van der Waals surface area contributed by atoms with Crippen molar-refractivity contribution in [3.05, 3.63) is 29.8 Å². The normalized spacial score (nSPS) is 14.9. The summed E-state index contributed by atoms with van der Waals surface area (Å²) in [6, 6.07) is 9.04. The first-order valence-electron chi connectivity index (χ1n) is 8.35.